The molecule has 0 unspecified atom stereocenters. The summed E-state index contributed by atoms with van der Waals surface area (Å²) >= 11 is 7.78. The second kappa shape index (κ2) is 7.24. The van der Waals surface area contributed by atoms with Crippen LogP contribution in [0.15, 0.2) is 48.5 Å². The molecule has 1 aliphatic rings. The smallest absolute Gasteiger partial charge is 0.167 e. The molecule has 0 aliphatic carbocycles. The highest BCUT2D eigenvalue weighted by Gasteiger charge is 2.27. The van der Waals surface area contributed by atoms with Gasteiger partial charge in [0.05, 0.1) is 16.8 Å². The van der Waals surface area contributed by atoms with E-state index >= 15 is 0 Å². The molecule has 0 radical (unpaired) electrons. The Morgan fingerprint density at radius 2 is 2.12 bits per heavy atom. The third-order valence-corrected chi connectivity index (χ3v) is 5.94. The van der Waals surface area contributed by atoms with Crippen molar-refractivity contribution in [3.63, 3.8) is 0 Å². The van der Waals surface area contributed by atoms with Crippen LogP contribution in [0.5, 0.6) is 0 Å². The maximum absolute atomic E-state index is 12.8. The number of benzene rings is 2. The van der Waals surface area contributed by atoms with Gasteiger partial charge in [0.25, 0.3) is 0 Å². The number of para-hydroxylation sites is 1. The van der Waals surface area contributed by atoms with Gasteiger partial charge < -0.3 is 0 Å². The van der Waals surface area contributed by atoms with Gasteiger partial charge in [-0.2, -0.15) is 0 Å². The molecule has 1 saturated heterocycles. The lowest BCUT2D eigenvalue weighted by Gasteiger charge is -2.31. The summed E-state index contributed by atoms with van der Waals surface area (Å²) in [6.45, 7) is 2.63. The number of piperidine rings is 1. The van der Waals surface area contributed by atoms with Crippen LogP contribution in [0.3, 0.4) is 0 Å². The highest BCUT2D eigenvalue weighted by atomic mass is 35.5. The highest BCUT2D eigenvalue weighted by Crippen LogP contribution is 2.26. The Hall–Kier alpha value is -1.75. The third kappa shape index (κ3) is 3.76. The van der Waals surface area contributed by atoms with Crippen molar-refractivity contribution in [3.05, 3.63) is 64.1 Å². The number of rotatable bonds is 4. The van der Waals surface area contributed by atoms with Crippen LogP contribution in [0.2, 0.25) is 5.02 Å². The fourth-order valence-corrected chi connectivity index (χ4v) is 4.67. The lowest BCUT2D eigenvalue weighted by Crippen LogP contribution is -2.38. The summed E-state index contributed by atoms with van der Waals surface area (Å²) < 4.78 is 1.22. The average molecular weight is 371 g/mol. The minimum atomic E-state index is 0.0431. The molecule has 0 spiro atoms. The van der Waals surface area contributed by atoms with E-state index in [0.717, 1.165) is 48.6 Å². The molecule has 1 aliphatic heterocycles. The van der Waals surface area contributed by atoms with Crippen LogP contribution in [-0.4, -0.2) is 28.8 Å². The van der Waals surface area contributed by atoms with Crippen molar-refractivity contribution >= 4 is 38.9 Å². The van der Waals surface area contributed by atoms with Crippen LogP contribution in [-0.2, 0) is 6.54 Å². The molecule has 25 heavy (non-hydrogen) atoms. The molecule has 128 valence electrons. The third-order valence-electron chi connectivity index (χ3n) is 4.68. The van der Waals surface area contributed by atoms with Gasteiger partial charge in [0.1, 0.15) is 5.01 Å². The summed E-state index contributed by atoms with van der Waals surface area (Å²) in [6.07, 6.45) is 1.99. The molecule has 1 fully saturated rings. The van der Waals surface area contributed by atoms with Crippen molar-refractivity contribution < 1.29 is 4.79 Å². The Morgan fingerprint density at radius 3 is 2.96 bits per heavy atom. The fraction of sp³-hybridized carbons (Fsp3) is 0.300. The van der Waals surface area contributed by atoms with Crippen LogP contribution in [0.25, 0.3) is 10.2 Å². The molecule has 0 bridgehead atoms. The molecule has 0 N–H and O–H groups in total. The van der Waals surface area contributed by atoms with Gasteiger partial charge in [0, 0.05) is 23.0 Å². The quantitative estimate of drug-likeness (QED) is 0.603. The van der Waals surface area contributed by atoms with Crippen molar-refractivity contribution in [2.45, 2.75) is 19.4 Å². The monoisotopic (exact) mass is 370 g/mol. The summed E-state index contributed by atoms with van der Waals surface area (Å²) in [6, 6.07) is 15.5. The van der Waals surface area contributed by atoms with E-state index in [1.54, 1.807) is 23.5 Å². The highest BCUT2D eigenvalue weighted by molar-refractivity contribution is 7.18. The maximum Gasteiger partial charge on any atom is 0.167 e. The SMILES string of the molecule is O=C(c1cccc(Cl)c1)[C@@H]1CCCN(Cc2nc3ccccc3s2)C1. The Bertz CT molecular complexity index is 874. The molecule has 5 heteroatoms. The number of carbonyl (C=O) groups is 1. The number of nitrogens with zero attached hydrogens (tertiary/aromatic N) is 2. The predicted molar refractivity (Wildman–Crippen MR) is 103 cm³/mol. The molecule has 0 amide bonds. The zero-order chi connectivity index (χ0) is 17.2. The first-order valence-corrected chi connectivity index (χ1v) is 9.75. The number of likely N-dealkylation sites (tertiary alicyclic amines) is 1. The number of hydrogen-bond acceptors (Lipinski definition) is 4. The van der Waals surface area contributed by atoms with Gasteiger partial charge in [-0.25, -0.2) is 4.98 Å². The molecule has 2 aromatic carbocycles. The number of carbonyl (C=O) groups excluding carboxylic acids is 1. The Kier molecular flexibility index (Phi) is 4.84. The van der Waals surface area contributed by atoms with Gasteiger partial charge in [-0.3, -0.25) is 9.69 Å². The second-order valence-corrected chi connectivity index (χ2v) is 8.08. The number of Topliss-reactive ketones (excluding diaryl/α,β-unsaturated/α-hetero) is 1. The number of hydrogen-bond donors (Lipinski definition) is 0. The fourth-order valence-electron chi connectivity index (χ4n) is 3.47. The molecule has 1 aromatic heterocycles. The molecule has 0 saturated carbocycles. The van der Waals surface area contributed by atoms with E-state index in [9.17, 15) is 4.79 Å². The van der Waals surface area contributed by atoms with Gasteiger partial charge in [0.15, 0.2) is 5.78 Å². The molecular weight excluding hydrogens is 352 g/mol. The maximum atomic E-state index is 12.8. The van der Waals surface area contributed by atoms with Gasteiger partial charge in [-0.15, -0.1) is 11.3 Å². The molecule has 3 nitrogen and oxygen atoms in total. The zero-order valence-electron chi connectivity index (χ0n) is 13.8. The minimum absolute atomic E-state index is 0.0431. The molecule has 3 aromatic rings. The van der Waals surface area contributed by atoms with Gasteiger partial charge in [0.2, 0.25) is 0 Å². The molecule has 1 atom stereocenters. The van der Waals surface area contributed by atoms with E-state index < -0.39 is 0 Å². The van der Waals surface area contributed by atoms with Crippen molar-refractivity contribution in [3.8, 4) is 0 Å². The Balaban J connectivity index is 1.46. The minimum Gasteiger partial charge on any atom is -0.296 e. The van der Waals surface area contributed by atoms with Gasteiger partial charge >= 0.3 is 0 Å². The lowest BCUT2D eigenvalue weighted by molar-refractivity contribution is 0.0811. The standard InChI is InChI=1S/C20H19ClN2OS/c21-16-7-3-5-14(11-16)20(24)15-6-4-10-23(12-15)13-19-22-17-8-1-2-9-18(17)25-19/h1-3,5,7-9,11,15H,4,6,10,12-13H2/t15-/m1/s1. The van der Waals surface area contributed by atoms with Gasteiger partial charge in [-0.1, -0.05) is 35.9 Å². The van der Waals surface area contributed by atoms with Crippen molar-refractivity contribution in [2.75, 3.05) is 13.1 Å². The summed E-state index contributed by atoms with van der Waals surface area (Å²) in [5, 5.41) is 1.74. The van der Waals surface area contributed by atoms with Crippen molar-refractivity contribution in [1.82, 2.24) is 9.88 Å². The van der Waals surface area contributed by atoms with Crippen molar-refractivity contribution in [2.24, 2.45) is 5.92 Å². The summed E-state index contributed by atoms with van der Waals surface area (Å²) in [4.78, 5) is 19.9. The van der Waals surface area contributed by atoms with Gasteiger partial charge in [-0.05, 0) is 43.7 Å². The summed E-state index contributed by atoms with van der Waals surface area (Å²) in [5.74, 6) is 0.248. The number of thiazole rings is 1. The average Bonchev–Trinajstić information content (AvgIpc) is 3.03. The van der Waals surface area contributed by atoms with E-state index in [2.05, 4.69) is 17.0 Å². The molecule has 2 heterocycles. The van der Waals surface area contributed by atoms with Crippen LogP contribution >= 0.6 is 22.9 Å². The van der Waals surface area contributed by atoms with Crippen molar-refractivity contribution in [1.29, 1.82) is 0 Å². The summed E-state index contributed by atoms with van der Waals surface area (Å²) in [7, 11) is 0. The van der Waals surface area contributed by atoms with E-state index in [4.69, 9.17) is 16.6 Å². The number of halogens is 1. The van der Waals surface area contributed by atoms with Crippen LogP contribution in [0, 0.1) is 5.92 Å². The number of ketones is 1. The largest absolute Gasteiger partial charge is 0.296 e. The normalized spacial score (nSPS) is 18.5. The first-order valence-electron chi connectivity index (χ1n) is 8.55. The first kappa shape index (κ1) is 16.7. The van der Waals surface area contributed by atoms with E-state index in [0.29, 0.717) is 5.02 Å². The first-order chi connectivity index (χ1) is 12.2. The van der Waals surface area contributed by atoms with Crippen LogP contribution in [0.1, 0.15) is 28.2 Å². The van der Waals surface area contributed by atoms with Crippen LogP contribution < -0.4 is 0 Å². The Morgan fingerprint density at radius 1 is 1.24 bits per heavy atom. The predicted octanol–water partition coefficient (Wildman–Crippen LogP) is 5.04. The van der Waals surface area contributed by atoms with E-state index in [1.165, 1.54) is 4.70 Å². The summed E-state index contributed by atoms with van der Waals surface area (Å²) in [5.41, 5.74) is 1.78. The molecular formula is C20H19ClN2OS. The number of fused-ring (bicyclic) bond motifs is 1. The lowest BCUT2D eigenvalue weighted by atomic mass is 9.90. The van der Waals surface area contributed by atoms with E-state index in [1.807, 2.05) is 24.3 Å². The topological polar surface area (TPSA) is 33.2 Å². The van der Waals surface area contributed by atoms with Crippen LogP contribution in [0.4, 0.5) is 0 Å². The van der Waals surface area contributed by atoms with E-state index in [-0.39, 0.29) is 11.7 Å². The zero-order valence-corrected chi connectivity index (χ0v) is 15.4. The number of aromatic nitrogens is 1. The molecule has 4 rings (SSSR count). The Labute approximate surface area is 156 Å². The second-order valence-electron chi connectivity index (χ2n) is 6.52.